The Bertz CT molecular complexity index is 1050. The van der Waals surface area contributed by atoms with Crippen LogP contribution in [0.5, 0.6) is 0 Å². The van der Waals surface area contributed by atoms with Crippen molar-refractivity contribution in [2.24, 2.45) is 0 Å². The van der Waals surface area contributed by atoms with Crippen LogP contribution in [0.3, 0.4) is 0 Å². The molecule has 0 fully saturated rings. The van der Waals surface area contributed by atoms with E-state index in [0.717, 1.165) is 23.1 Å². The van der Waals surface area contributed by atoms with Crippen molar-refractivity contribution < 1.29 is 0 Å². The van der Waals surface area contributed by atoms with Crippen LogP contribution in [-0.4, -0.2) is 25.6 Å². The second kappa shape index (κ2) is 7.72. The van der Waals surface area contributed by atoms with Crippen LogP contribution in [-0.2, 0) is 13.0 Å². The number of aromatic amines is 1. The van der Waals surface area contributed by atoms with Gasteiger partial charge in [-0.15, -0.1) is 0 Å². The Morgan fingerprint density at radius 2 is 1.96 bits per heavy atom. The van der Waals surface area contributed by atoms with E-state index in [2.05, 4.69) is 52.6 Å². The van der Waals surface area contributed by atoms with Crippen LogP contribution in [0.15, 0.2) is 59.4 Å². The summed E-state index contributed by atoms with van der Waals surface area (Å²) in [6, 6.07) is 9.59. The number of fused-ring (bicyclic) bond motifs is 1. The summed E-state index contributed by atoms with van der Waals surface area (Å²) >= 11 is 0. The first-order chi connectivity index (χ1) is 12.9. The molecule has 2 aromatic heterocycles. The van der Waals surface area contributed by atoms with Crippen LogP contribution in [0.2, 0.25) is 0 Å². The normalized spacial score (nSPS) is 11.3. The fraction of sp³-hybridized carbons (Fsp3) is 0.286. The molecule has 2 N–H and O–H groups in total. The Morgan fingerprint density at radius 1 is 1.22 bits per heavy atom. The zero-order chi connectivity index (χ0) is 19.6. The Morgan fingerprint density at radius 3 is 2.63 bits per heavy atom. The van der Waals surface area contributed by atoms with Gasteiger partial charge in [0.05, 0.1) is 5.69 Å². The van der Waals surface area contributed by atoms with Crippen molar-refractivity contribution in [3.63, 3.8) is 0 Å². The van der Waals surface area contributed by atoms with E-state index >= 15 is 0 Å². The molecule has 0 saturated heterocycles. The zero-order valence-electron chi connectivity index (χ0n) is 16.0. The summed E-state index contributed by atoms with van der Waals surface area (Å²) in [4.78, 5) is 21.5. The number of aryl methyl sites for hydroxylation is 1. The fourth-order valence-corrected chi connectivity index (χ4v) is 3.06. The summed E-state index contributed by atoms with van der Waals surface area (Å²) in [7, 11) is 0. The van der Waals surface area contributed by atoms with Gasteiger partial charge in [0.15, 0.2) is 5.82 Å². The van der Waals surface area contributed by atoms with Gasteiger partial charge in [-0.3, -0.25) is 9.89 Å². The van der Waals surface area contributed by atoms with Gasteiger partial charge in [-0.05, 0) is 31.9 Å². The topological polar surface area (TPSA) is 75.1 Å². The van der Waals surface area contributed by atoms with Gasteiger partial charge in [0.1, 0.15) is 0 Å². The van der Waals surface area contributed by atoms with Crippen LogP contribution in [0.25, 0.3) is 17.2 Å². The number of hydrogen-bond donors (Lipinski definition) is 2. The molecule has 140 valence electrons. The maximum atomic E-state index is 12.5. The molecule has 0 unspecified atom stereocenters. The summed E-state index contributed by atoms with van der Waals surface area (Å²) in [6.07, 6.45) is 0.939. The summed E-state index contributed by atoms with van der Waals surface area (Å²) in [5.41, 5.74) is 4.53. The van der Waals surface area contributed by atoms with Crippen molar-refractivity contribution >= 4 is 5.78 Å². The first kappa shape index (κ1) is 18.8. The molecule has 0 aliphatic rings. The van der Waals surface area contributed by atoms with Crippen molar-refractivity contribution in [1.29, 1.82) is 0 Å². The lowest BCUT2D eigenvalue weighted by molar-refractivity contribution is 0.619. The molecule has 0 saturated carbocycles. The molecule has 0 aliphatic carbocycles. The van der Waals surface area contributed by atoms with E-state index in [1.807, 2.05) is 26.0 Å². The van der Waals surface area contributed by atoms with Gasteiger partial charge >= 0.3 is 0 Å². The number of aromatic nitrogens is 4. The molecule has 0 bridgehead atoms. The second-order valence-electron chi connectivity index (χ2n) is 6.85. The maximum absolute atomic E-state index is 12.5. The first-order valence-electron chi connectivity index (χ1n) is 9.01. The third-order valence-corrected chi connectivity index (χ3v) is 4.47. The van der Waals surface area contributed by atoms with Crippen molar-refractivity contribution in [1.82, 2.24) is 24.9 Å². The van der Waals surface area contributed by atoms with Crippen LogP contribution >= 0.6 is 0 Å². The van der Waals surface area contributed by atoms with E-state index in [9.17, 15) is 4.79 Å². The predicted octanol–water partition coefficient (Wildman–Crippen LogP) is 3.26. The van der Waals surface area contributed by atoms with Gasteiger partial charge in [0.2, 0.25) is 0 Å². The Labute approximate surface area is 158 Å². The number of H-pyrrole nitrogens is 1. The second-order valence-corrected chi connectivity index (χ2v) is 6.85. The number of benzene rings is 1. The van der Waals surface area contributed by atoms with E-state index in [1.165, 1.54) is 16.1 Å². The van der Waals surface area contributed by atoms with Crippen LogP contribution in [0.1, 0.15) is 32.0 Å². The minimum atomic E-state index is -0.190. The first-order valence-corrected chi connectivity index (χ1v) is 9.01. The third kappa shape index (κ3) is 4.06. The summed E-state index contributed by atoms with van der Waals surface area (Å²) < 4.78 is 1.37. The highest BCUT2D eigenvalue weighted by Gasteiger charge is 2.13. The summed E-state index contributed by atoms with van der Waals surface area (Å²) in [5, 5.41) is 6.37. The number of nitrogens with one attached hydrogen (secondary N) is 2. The van der Waals surface area contributed by atoms with Gasteiger partial charge < -0.3 is 5.32 Å². The Kier molecular flexibility index (Phi) is 5.37. The number of rotatable bonds is 7. The largest absolute Gasteiger partial charge is 0.301 e. The average Bonchev–Trinajstić information content (AvgIpc) is 3.06. The molecule has 3 aromatic rings. The predicted molar refractivity (Wildman–Crippen MR) is 109 cm³/mol. The van der Waals surface area contributed by atoms with Gasteiger partial charge in [-0.1, -0.05) is 49.4 Å². The lowest BCUT2D eigenvalue weighted by Gasteiger charge is -2.18. The van der Waals surface area contributed by atoms with Crippen LogP contribution in [0, 0.1) is 0 Å². The number of hydrogen-bond acceptors (Lipinski definition) is 4. The lowest BCUT2D eigenvalue weighted by atomic mass is 10.0. The third-order valence-electron chi connectivity index (χ3n) is 4.47. The van der Waals surface area contributed by atoms with Crippen molar-refractivity contribution in [3.05, 3.63) is 76.2 Å². The minimum Gasteiger partial charge on any atom is -0.301 e. The SMILES string of the molecule is C=C(C)C(NCc1cc(=O)n2[nH]c(-c3cccc(CC)c3)nc2n1)C(=C)C. The highest BCUT2D eigenvalue weighted by atomic mass is 16.1. The van der Waals surface area contributed by atoms with E-state index in [-0.39, 0.29) is 11.6 Å². The molecule has 3 rings (SSSR count). The van der Waals surface area contributed by atoms with Crippen LogP contribution < -0.4 is 10.9 Å². The Balaban J connectivity index is 1.91. The molecular weight excluding hydrogens is 338 g/mol. The smallest absolute Gasteiger partial charge is 0.274 e. The monoisotopic (exact) mass is 363 g/mol. The Hall–Kier alpha value is -2.99. The van der Waals surface area contributed by atoms with E-state index in [1.54, 1.807) is 0 Å². The van der Waals surface area contributed by atoms with Crippen molar-refractivity contribution in [2.45, 2.75) is 39.8 Å². The van der Waals surface area contributed by atoms with E-state index in [0.29, 0.717) is 23.8 Å². The standard InChI is InChI=1S/C21H25N5O/c1-6-15-8-7-9-16(10-15)20-24-21-23-17(11-18(27)26(21)25-20)12-22-19(13(2)3)14(4)5/h7-11,19,22H,2,4,6,12H2,1,3,5H3,(H,23,24,25). The highest BCUT2D eigenvalue weighted by molar-refractivity contribution is 5.58. The van der Waals surface area contributed by atoms with E-state index < -0.39 is 0 Å². The molecule has 1 aromatic carbocycles. The molecule has 2 heterocycles. The van der Waals surface area contributed by atoms with E-state index in [4.69, 9.17) is 0 Å². The summed E-state index contributed by atoms with van der Waals surface area (Å²) in [5.74, 6) is 0.986. The highest BCUT2D eigenvalue weighted by Crippen LogP contribution is 2.17. The average molecular weight is 363 g/mol. The number of nitrogens with zero attached hydrogens (tertiary/aromatic N) is 3. The van der Waals surface area contributed by atoms with Gasteiger partial charge in [0.25, 0.3) is 11.3 Å². The zero-order valence-corrected chi connectivity index (χ0v) is 16.0. The molecule has 0 radical (unpaired) electrons. The van der Waals surface area contributed by atoms with Crippen LogP contribution in [0.4, 0.5) is 0 Å². The maximum Gasteiger partial charge on any atom is 0.274 e. The minimum absolute atomic E-state index is 0.0169. The summed E-state index contributed by atoms with van der Waals surface area (Å²) in [6.45, 7) is 14.4. The molecule has 6 nitrogen and oxygen atoms in total. The lowest BCUT2D eigenvalue weighted by Crippen LogP contribution is -2.31. The molecule has 0 aliphatic heterocycles. The van der Waals surface area contributed by atoms with Gasteiger partial charge in [-0.25, -0.2) is 4.98 Å². The van der Waals surface area contributed by atoms with Crippen molar-refractivity contribution in [2.75, 3.05) is 0 Å². The fourth-order valence-electron chi connectivity index (χ4n) is 3.06. The molecule has 0 atom stereocenters. The molecular formula is C21H25N5O. The molecule has 0 spiro atoms. The van der Waals surface area contributed by atoms with Crippen molar-refractivity contribution in [3.8, 4) is 11.4 Å². The molecule has 27 heavy (non-hydrogen) atoms. The van der Waals surface area contributed by atoms with Gasteiger partial charge in [0, 0.05) is 24.2 Å². The molecule has 0 amide bonds. The van der Waals surface area contributed by atoms with Gasteiger partial charge in [-0.2, -0.15) is 9.50 Å². The quantitative estimate of drug-likeness (QED) is 0.632. The molecule has 6 heteroatoms.